The van der Waals surface area contributed by atoms with Crippen LogP contribution in [0.5, 0.6) is 0 Å². The van der Waals surface area contributed by atoms with Crippen molar-refractivity contribution in [2.45, 2.75) is 27.2 Å². The average molecular weight is 520 g/mol. The van der Waals surface area contributed by atoms with Gasteiger partial charge in [0.25, 0.3) is 5.91 Å². The number of nitrogens with one attached hydrogen (secondary N) is 1. The number of aromatic nitrogens is 1. The first kappa shape index (κ1) is 28.2. The largest absolute Gasteiger partial charge is 0.478 e. The van der Waals surface area contributed by atoms with Crippen LogP contribution in [0.4, 0.5) is 18.2 Å². The molecule has 4 rings (SSSR count). The van der Waals surface area contributed by atoms with Crippen molar-refractivity contribution in [2.75, 3.05) is 12.4 Å². The summed E-state index contributed by atoms with van der Waals surface area (Å²) in [4.78, 5) is 30.4. The molecule has 3 heterocycles. The van der Waals surface area contributed by atoms with E-state index in [0.717, 1.165) is 28.9 Å². The number of thiophene rings is 1. The van der Waals surface area contributed by atoms with Gasteiger partial charge in [-0.25, -0.2) is 4.79 Å². The van der Waals surface area contributed by atoms with Crippen molar-refractivity contribution in [3.63, 3.8) is 0 Å². The number of carbonyl (C=O) groups excluding carboxylic acids is 1. The first-order chi connectivity index (χ1) is 17.1. The van der Waals surface area contributed by atoms with Gasteiger partial charge >= 0.3 is 5.97 Å². The fourth-order valence-corrected chi connectivity index (χ4v) is 3.68. The van der Waals surface area contributed by atoms with E-state index in [2.05, 4.69) is 29.1 Å². The number of aliphatic imine (C=N–C) groups is 1. The number of pyridine rings is 1. The van der Waals surface area contributed by atoms with E-state index in [9.17, 15) is 27.9 Å². The molecule has 0 aliphatic carbocycles. The Kier molecular flexibility index (Phi) is 10.4. The van der Waals surface area contributed by atoms with Crippen molar-refractivity contribution in [3.8, 4) is 11.1 Å². The summed E-state index contributed by atoms with van der Waals surface area (Å²) in [6.07, 6.45) is 1.25. The van der Waals surface area contributed by atoms with Gasteiger partial charge in [-0.2, -0.15) is 18.2 Å². The highest BCUT2D eigenvalue weighted by molar-refractivity contribution is 7.15. The van der Waals surface area contributed by atoms with Crippen molar-refractivity contribution in [1.82, 2.24) is 4.98 Å². The first-order valence-corrected chi connectivity index (χ1v) is 11.6. The fraction of sp³-hybridized carbons (Fsp3) is 0.200. The predicted octanol–water partition coefficient (Wildman–Crippen LogP) is 7.21. The lowest BCUT2D eigenvalue weighted by atomic mass is 10.1. The Balaban J connectivity index is 0.000000501. The Hall–Kier alpha value is -3.99. The molecule has 2 N–H and O–H groups in total. The number of benzene rings is 1. The fourth-order valence-electron chi connectivity index (χ4n) is 2.73. The molecule has 0 bridgehead atoms. The standard InChI is InChI=1S/C19H10F2N2O4S.C3H6FN.C3H8/c20-14-6-5-10(16(21)22-14)11-8-28-18(15(11)19(25)26)23-17(24)13-7-9-3-1-2-4-12(9)27-13;1-3(4)5-2;1-3-2/h1-8H,(H,23,24)(H,25,26);1-2H3;3H2,1-2H3. The topological polar surface area (TPSA) is 105 Å². The molecular formula is C25H24F3N3O4S. The van der Waals surface area contributed by atoms with E-state index >= 15 is 0 Å². The second kappa shape index (κ2) is 13.2. The molecular weight excluding hydrogens is 495 g/mol. The van der Waals surface area contributed by atoms with E-state index in [1.165, 1.54) is 31.8 Å². The number of amides is 1. The van der Waals surface area contributed by atoms with Crippen molar-refractivity contribution in [3.05, 3.63) is 71.1 Å². The molecule has 0 aliphatic heterocycles. The third kappa shape index (κ3) is 7.25. The van der Waals surface area contributed by atoms with Gasteiger partial charge in [0.15, 0.2) is 11.7 Å². The van der Waals surface area contributed by atoms with Crippen LogP contribution in [-0.4, -0.2) is 35.0 Å². The van der Waals surface area contributed by atoms with Crippen LogP contribution >= 0.6 is 11.3 Å². The lowest BCUT2D eigenvalue weighted by Gasteiger charge is -2.05. The highest BCUT2D eigenvalue weighted by Crippen LogP contribution is 2.37. The average Bonchev–Trinajstić information content (AvgIpc) is 3.44. The molecule has 1 aromatic carbocycles. The van der Waals surface area contributed by atoms with Gasteiger partial charge in [-0.05, 0) is 24.3 Å². The Morgan fingerprint density at radius 3 is 2.33 bits per heavy atom. The number of furan rings is 1. The maximum absolute atomic E-state index is 14.0. The second-order valence-corrected chi connectivity index (χ2v) is 8.04. The van der Waals surface area contributed by atoms with Gasteiger partial charge in [-0.1, -0.05) is 38.5 Å². The molecule has 4 aromatic rings. The summed E-state index contributed by atoms with van der Waals surface area (Å²) in [6.45, 7) is 5.56. The van der Waals surface area contributed by atoms with Gasteiger partial charge in [0.2, 0.25) is 11.9 Å². The van der Waals surface area contributed by atoms with E-state index in [1.54, 1.807) is 24.3 Å². The van der Waals surface area contributed by atoms with Gasteiger partial charge in [0.05, 0.1) is 0 Å². The maximum Gasteiger partial charge on any atom is 0.339 e. The number of carbonyl (C=O) groups is 2. The smallest absolute Gasteiger partial charge is 0.339 e. The quantitative estimate of drug-likeness (QED) is 0.219. The van der Waals surface area contributed by atoms with Crippen LogP contribution in [0, 0.1) is 11.9 Å². The van der Waals surface area contributed by atoms with Crippen molar-refractivity contribution in [2.24, 2.45) is 4.99 Å². The van der Waals surface area contributed by atoms with Crippen molar-refractivity contribution >= 4 is 45.1 Å². The van der Waals surface area contributed by atoms with Gasteiger partial charge in [-0.15, -0.1) is 11.3 Å². The molecule has 0 aliphatic rings. The van der Waals surface area contributed by atoms with E-state index < -0.39 is 23.8 Å². The summed E-state index contributed by atoms with van der Waals surface area (Å²) < 4.78 is 43.7. The minimum atomic E-state index is -1.38. The molecule has 3 aromatic heterocycles. The van der Waals surface area contributed by atoms with E-state index in [-0.39, 0.29) is 33.4 Å². The zero-order valence-electron chi connectivity index (χ0n) is 19.9. The highest BCUT2D eigenvalue weighted by atomic mass is 32.1. The lowest BCUT2D eigenvalue weighted by Crippen LogP contribution is -2.12. The summed E-state index contributed by atoms with van der Waals surface area (Å²) in [5.74, 6) is -4.56. The number of fused-ring (bicyclic) bond motifs is 1. The van der Waals surface area contributed by atoms with E-state index in [0.29, 0.717) is 5.58 Å². The minimum absolute atomic E-state index is 0.00196. The van der Waals surface area contributed by atoms with Crippen LogP contribution in [0.15, 0.2) is 57.3 Å². The van der Waals surface area contributed by atoms with E-state index in [4.69, 9.17) is 4.42 Å². The Morgan fingerprint density at radius 1 is 1.14 bits per heavy atom. The molecule has 0 atom stereocenters. The zero-order chi connectivity index (χ0) is 26.8. The molecule has 11 heteroatoms. The molecule has 0 saturated heterocycles. The van der Waals surface area contributed by atoms with Gasteiger partial charge < -0.3 is 14.8 Å². The maximum atomic E-state index is 14.0. The highest BCUT2D eigenvalue weighted by Gasteiger charge is 2.24. The number of hydrogen-bond acceptors (Lipinski definition) is 6. The van der Waals surface area contributed by atoms with Gasteiger partial charge in [0, 0.05) is 35.9 Å². The second-order valence-electron chi connectivity index (χ2n) is 7.16. The number of anilines is 1. The van der Waals surface area contributed by atoms with Crippen LogP contribution in [0.3, 0.4) is 0 Å². The first-order valence-electron chi connectivity index (χ1n) is 10.7. The number of hydrogen-bond donors (Lipinski definition) is 2. The SMILES string of the molecule is CCC.CN=C(C)F.O=C(Nc1scc(-c2ccc(F)nc2F)c1C(=O)O)c1cc2ccccc2o1. The predicted molar refractivity (Wildman–Crippen MR) is 135 cm³/mol. The third-order valence-corrected chi connectivity index (χ3v) is 5.19. The van der Waals surface area contributed by atoms with E-state index in [1.807, 2.05) is 0 Å². The molecule has 0 saturated carbocycles. The Bertz CT molecular complexity index is 1350. The lowest BCUT2D eigenvalue weighted by molar-refractivity contribution is 0.0699. The van der Waals surface area contributed by atoms with Crippen molar-refractivity contribution < 1.29 is 32.3 Å². The molecule has 36 heavy (non-hydrogen) atoms. The molecule has 0 unspecified atom stereocenters. The van der Waals surface area contributed by atoms with Gasteiger partial charge in [0.1, 0.15) is 16.1 Å². The summed E-state index contributed by atoms with van der Waals surface area (Å²) in [5, 5.41) is 14.1. The molecule has 190 valence electrons. The number of para-hydroxylation sites is 1. The van der Waals surface area contributed by atoms with Crippen LogP contribution in [-0.2, 0) is 0 Å². The number of aromatic carboxylic acids is 1. The number of carboxylic acids is 1. The summed E-state index contributed by atoms with van der Waals surface area (Å²) in [5.41, 5.74) is 0.000829. The molecule has 0 fully saturated rings. The Labute approximate surface area is 209 Å². The van der Waals surface area contributed by atoms with Crippen molar-refractivity contribution in [1.29, 1.82) is 0 Å². The summed E-state index contributed by atoms with van der Waals surface area (Å²) in [6, 6.07) is 10.6. The van der Waals surface area contributed by atoms with Crippen LogP contribution in [0.1, 0.15) is 48.1 Å². The van der Waals surface area contributed by atoms with Crippen LogP contribution < -0.4 is 5.32 Å². The molecule has 1 amide bonds. The van der Waals surface area contributed by atoms with Gasteiger partial charge in [-0.3, -0.25) is 9.79 Å². The summed E-state index contributed by atoms with van der Waals surface area (Å²) in [7, 11) is 1.41. The molecule has 0 radical (unpaired) electrons. The number of carboxylic acid groups (broad SMARTS) is 1. The Morgan fingerprint density at radius 2 is 1.78 bits per heavy atom. The minimum Gasteiger partial charge on any atom is -0.478 e. The van der Waals surface area contributed by atoms with Crippen LogP contribution in [0.2, 0.25) is 0 Å². The summed E-state index contributed by atoms with van der Waals surface area (Å²) >= 11 is 0.899. The number of halogens is 3. The third-order valence-electron chi connectivity index (χ3n) is 4.29. The van der Waals surface area contributed by atoms with Crippen LogP contribution in [0.25, 0.3) is 22.1 Å². The number of nitrogens with zero attached hydrogens (tertiary/aromatic N) is 2. The monoisotopic (exact) mass is 519 g/mol. The normalized spacial score (nSPS) is 10.7. The number of rotatable bonds is 4. The molecule has 7 nitrogen and oxygen atoms in total. The molecule has 0 spiro atoms. The zero-order valence-corrected chi connectivity index (χ0v) is 20.8.